The Labute approximate surface area is 261 Å². The van der Waals surface area contributed by atoms with Crippen molar-refractivity contribution in [3.8, 4) is 0 Å². The molecule has 12 heteroatoms. The first-order chi connectivity index (χ1) is 20.4. The number of ether oxygens (including phenoxy) is 3. The summed E-state index contributed by atoms with van der Waals surface area (Å²) in [6, 6.07) is 0. The molecule has 256 valence electrons. The number of carbonyl (C=O) groups is 2. The number of hydrogen-bond donors (Lipinski definition) is 1. The number of quaternary nitrogens is 1. The van der Waals surface area contributed by atoms with Crippen molar-refractivity contribution in [3.05, 3.63) is 0 Å². The van der Waals surface area contributed by atoms with E-state index in [9.17, 15) is 24.2 Å². The Morgan fingerprint density at radius 3 is 1.58 bits per heavy atom. The van der Waals surface area contributed by atoms with Crippen LogP contribution >= 0.6 is 7.82 Å². The molecular weight excluding hydrogens is 577 g/mol. The maximum Gasteiger partial charge on any atom is 0.305 e. The minimum Gasteiger partial charge on any atom is -0.756 e. The number of phosphoric ester groups is 1. The van der Waals surface area contributed by atoms with Crippen molar-refractivity contribution in [1.82, 2.24) is 0 Å². The average Bonchev–Trinajstić information content (AvgIpc) is 2.95. The van der Waals surface area contributed by atoms with E-state index in [1.165, 1.54) is 59.2 Å². The maximum absolute atomic E-state index is 12.6. The van der Waals surface area contributed by atoms with Crippen molar-refractivity contribution in [2.75, 3.05) is 61.7 Å². The molecule has 3 atom stereocenters. The first kappa shape index (κ1) is 41.9. The fourth-order valence-electron chi connectivity index (χ4n) is 4.58. The third-order valence-electron chi connectivity index (χ3n) is 7.30. The molecule has 0 rings (SSSR count). The van der Waals surface area contributed by atoms with Crippen LogP contribution in [-0.4, -0.2) is 95.5 Å². The van der Waals surface area contributed by atoms with Gasteiger partial charge in [-0.15, -0.1) is 0 Å². The van der Waals surface area contributed by atoms with Gasteiger partial charge in [0, 0.05) is 19.4 Å². The summed E-state index contributed by atoms with van der Waals surface area (Å²) in [4.78, 5) is 35.0. The molecule has 0 radical (unpaired) electrons. The lowest BCUT2D eigenvalue weighted by Gasteiger charge is -2.33. The molecule has 0 fully saturated rings. The third-order valence-corrected chi connectivity index (χ3v) is 8.33. The largest absolute Gasteiger partial charge is 0.756 e. The lowest BCUT2D eigenvalue weighted by molar-refractivity contribution is -0.870. The van der Waals surface area contributed by atoms with Crippen LogP contribution < -0.4 is 4.89 Å². The second-order valence-corrected chi connectivity index (χ2v) is 13.6. The Morgan fingerprint density at radius 2 is 1.14 bits per heavy atom. The molecule has 43 heavy (non-hydrogen) atoms. The van der Waals surface area contributed by atoms with Gasteiger partial charge >= 0.3 is 11.9 Å². The number of methoxy groups -OCH3 is 2. The van der Waals surface area contributed by atoms with Crippen molar-refractivity contribution in [2.45, 2.75) is 128 Å². The van der Waals surface area contributed by atoms with Crippen LogP contribution in [-0.2, 0) is 37.4 Å². The smallest absolute Gasteiger partial charge is 0.305 e. The number of aliphatic hydroxyl groups excluding tert-OH is 1. The number of hydrogen-bond acceptors (Lipinski definition) is 10. The molecule has 0 aromatic carbocycles. The molecule has 0 amide bonds. The van der Waals surface area contributed by atoms with E-state index < -0.39 is 20.0 Å². The van der Waals surface area contributed by atoms with E-state index in [4.69, 9.17) is 13.8 Å². The van der Waals surface area contributed by atoms with Crippen LogP contribution in [0.1, 0.15) is 116 Å². The van der Waals surface area contributed by atoms with Crippen molar-refractivity contribution < 1.29 is 51.9 Å². The summed E-state index contributed by atoms with van der Waals surface area (Å²) in [5.41, 5.74) is 0. The molecule has 0 saturated carbocycles. The Kier molecular flexibility index (Phi) is 25.5. The zero-order valence-corrected chi connectivity index (χ0v) is 28.6. The van der Waals surface area contributed by atoms with Crippen molar-refractivity contribution >= 4 is 19.8 Å². The molecule has 1 N–H and O–H groups in total. The lowest BCUT2D eigenvalue weighted by Crippen LogP contribution is -2.38. The summed E-state index contributed by atoms with van der Waals surface area (Å²) in [6.07, 6.45) is 15.1. The number of likely N-dealkylation sites (N-methyl/N-ethyl adjacent to an activating group) is 1. The standard InChI is InChI=1S/C31H62NO10P/c1-32(2,3)24-26-41-43(36,37)42-28(29(27-33)40-25-20-19-23-31(35)39-5)21-17-15-13-11-9-7-6-8-10-12-14-16-18-22-30(34)38-4/h28-29,33H,6-27H2,1-5H3/t28-,29+/m1/s1. The summed E-state index contributed by atoms with van der Waals surface area (Å²) in [7, 11) is 4.01. The molecule has 0 aliphatic carbocycles. The minimum absolute atomic E-state index is 0.00617. The van der Waals surface area contributed by atoms with Gasteiger partial charge in [-0.05, 0) is 25.7 Å². The summed E-state index contributed by atoms with van der Waals surface area (Å²) in [6.45, 7) is 0.391. The Balaban J connectivity index is 4.38. The Bertz CT molecular complexity index is 747. The maximum atomic E-state index is 12.6. The van der Waals surface area contributed by atoms with Gasteiger partial charge in [0.1, 0.15) is 19.3 Å². The molecule has 0 aliphatic rings. The summed E-state index contributed by atoms with van der Waals surface area (Å²) < 4.78 is 38.8. The molecule has 11 nitrogen and oxygen atoms in total. The number of carbonyl (C=O) groups excluding carboxylic acids is 2. The zero-order chi connectivity index (χ0) is 32.4. The van der Waals surface area contributed by atoms with E-state index in [1.807, 2.05) is 21.1 Å². The predicted octanol–water partition coefficient (Wildman–Crippen LogP) is 5.31. The highest BCUT2D eigenvalue weighted by molar-refractivity contribution is 7.45. The minimum atomic E-state index is -4.59. The second-order valence-electron chi connectivity index (χ2n) is 12.3. The molecule has 0 saturated heterocycles. The highest BCUT2D eigenvalue weighted by Crippen LogP contribution is 2.41. The van der Waals surface area contributed by atoms with E-state index in [0.717, 1.165) is 38.5 Å². The normalized spacial score (nSPS) is 14.7. The van der Waals surface area contributed by atoms with E-state index >= 15 is 0 Å². The molecule has 1 unspecified atom stereocenters. The summed E-state index contributed by atoms with van der Waals surface area (Å²) in [5.74, 6) is -0.416. The Morgan fingerprint density at radius 1 is 0.698 bits per heavy atom. The molecule has 0 heterocycles. The van der Waals surface area contributed by atoms with Gasteiger partial charge in [-0.3, -0.25) is 14.2 Å². The van der Waals surface area contributed by atoms with Crippen molar-refractivity contribution in [2.24, 2.45) is 0 Å². The number of esters is 2. The second kappa shape index (κ2) is 26.2. The molecule has 0 aromatic rings. The van der Waals surface area contributed by atoms with Crippen LogP contribution in [0.15, 0.2) is 0 Å². The van der Waals surface area contributed by atoms with Gasteiger partial charge in [0.15, 0.2) is 0 Å². The average molecular weight is 640 g/mol. The van der Waals surface area contributed by atoms with Gasteiger partial charge in [-0.1, -0.05) is 77.0 Å². The molecule has 0 aromatic heterocycles. The van der Waals surface area contributed by atoms with Crippen LogP contribution in [0.25, 0.3) is 0 Å². The van der Waals surface area contributed by atoms with Crippen LogP contribution in [0.5, 0.6) is 0 Å². The van der Waals surface area contributed by atoms with E-state index in [2.05, 4.69) is 9.47 Å². The van der Waals surface area contributed by atoms with E-state index in [0.29, 0.717) is 36.7 Å². The molecular formula is C31H62NO10P. The summed E-state index contributed by atoms with van der Waals surface area (Å²) >= 11 is 0. The number of rotatable bonds is 30. The molecule has 0 aliphatic heterocycles. The van der Waals surface area contributed by atoms with Gasteiger partial charge in [0.05, 0.1) is 48.1 Å². The topological polar surface area (TPSA) is 141 Å². The molecule has 0 bridgehead atoms. The van der Waals surface area contributed by atoms with E-state index in [-0.39, 0.29) is 38.2 Å². The fraction of sp³-hybridized carbons (Fsp3) is 0.935. The SMILES string of the molecule is COC(=O)CCCCCCCCCCCCCCC[C@@H](OP(=O)([O-])OCC[N+](C)(C)C)[C@H](CO)OCCCCC(=O)OC. The number of aliphatic hydroxyl groups is 1. The first-order valence-electron chi connectivity index (χ1n) is 16.2. The van der Waals surface area contributed by atoms with Gasteiger partial charge < -0.3 is 37.7 Å². The fourth-order valence-corrected chi connectivity index (χ4v) is 5.52. The highest BCUT2D eigenvalue weighted by atomic mass is 31.2. The summed E-state index contributed by atoms with van der Waals surface area (Å²) in [5, 5.41) is 9.97. The van der Waals surface area contributed by atoms with Gasteiger partial charge in [0.2, 0.25) is 0 Å². The van der Waals surface area contributed by atoms with Crippen LogP contribution in [0.4, 0.5) is 0 Å². The van der Waals surface area contributed by atoms with Crippen molar-refractivity contribution in [1.29, 1.82) is 0 Å². The number of unbranched alkanes of at least 4 members (excludes halogenated alkanes) is 13. The first-order valence-corrected chi connectivity index (χ1v) is 17.7. The zero-order valence-electron chi connectivity index (χ0n) is 27.7. The van der Waals surface area contributed by atoms with Crippen molar-refractivity contribution in [3.63, 3.8) is 0 Å². The monoisotopic (exact) mass is 639 g/mol. The lowest BCUT2D eigenvalue weighted by atomic mass is 10.0. The van der Waals surface area contributed by atoms with Crippen LogP contribution in [0.3, 0.4) is 0 Å². The highest BCUT2D eigenvalue weighted by Gasteiger charge is 2.27. The van der Waals surface area contributed by atoms with Crippen LogP contribution in [0, 0.1) is 0 Å². The quantitative estimate of drug-likeness (QED) is 0.0476. The van der Waals surface area contributed by atoms with Crippen LogP contribution in [0.2, 0.25) is 0 Å². The van der Waals surface area contributed by atoms with Gasteiger partial charge in [-0.25, -0.2) is 0 Å². The van der Waals surface area contributed by atoms with E-state index in [1.54, 1.807) is 0 Å². The third kappa shape index (κ3) is 27.0. The predicted molar refractivity (Wildman–Crippen MR) is 165 cm³/mol. The van der Waals surface area contributed by atoms with Gasteiger partial charge in [0.25, 0.3) is 7.82 Å². The van der Waals surface area contributed by atoms with Gasteiger partial charge in [-0.2, -0.15) is 0 Å². The number of phosphoric acid groups is 1. The molecule has 0 spiro atoms. The Hall–Kier alpha value is -1.07. The number of nitrogens with zero attached hydrogens (tertiary/aromatic N) is 1.